The summed E-state index contributed by atoms with van der Waals surface area (Å²) in [7, 11) is 0. The van der Waals surface area contributed by atoms with Crippen LogP contribution in [0.1, 0.15) is 71.3 Å². The largest absolute Gasteiger partial charge is 0.444 e. The highest BCUT2D eigenvalue weighted by Crippen LogP contribution is 2.39. The molecule has 31 heavy (non-hydrogen) atoms. The number of nitrogens with one attached hydrogen (secondary N) is 2. The first-order valence-corrected chi connectivity index (χ1v) is 11.5. The molecule has 3 N–H and O–H groups in total. The summed E-state index contributed by atoms with van der Waals surface area (Å²) < 4.78 is 5.40. The van der Waals surface area contributed by atoms with Crippen molar-refractivity contribution >= 4 is 6.09 Å². The zero-order chi connectivity index (χ0) is 22.7. The molecule has 1 aliphatic carbocycles. The first-order valence-electron chi connectivity index (χ1n) is 11.5. The SMILES string of the molecule is CC(C)(C)OC(=O)NC(Cc1ccccc1)C(O)CNCC1(CCC#N)CCCCC1. The number of nitrogens with zero attached hydrogens (tertiary/aromatic N) is 1. The van der Waals surface area contributed by atoms with Crippen LogP contribution in [0.25, 0.3) is 0 Å². The Balaban J connectivity index is 1.97. The van der Waals surface area contributed by atoms with Gasteiger partial charge in [0.05, 0.1) is 18.2 Å². The quantitative estimate of drug-likeness (QED) is 0.515. The third-order valence-electron chi connectivity index (χ3n) is 6.00. The molecule has 1 aliphatic rings. The Morgan fingerprint density at radius 3 is 2.52 bits per heavy atom. The van der Waals surface area contributed by atoms with Gasteiger partial charge in [-0.25, -0.2) is 4.79 Å². The van der Waals surface area contributed by atoms with Crippen molar-refractivity contribution in [1.29, 1.82) is 5.26 Å². The third-order valence-corrected chi connectivity index (χ3v) is 6.00. The zero-order valence-corrected chi connectivity index (χ0v) is 19.3. The Labute approximate surface area is 187 Å². The normalized spacial score (nSPS) is 17.9. The van der Waals surface area contributed by atoms with E-state index in [1.54, 1.807) is 0 Å². The summed E-state index contributed by atoms with van der Waals surface area (Å²) in [5.74, 6) is 0. The standard InChI is InChI=1S/C25H39N3O3/c1-24(2,3)31-23(30)28-21(17-20-11-6-4-7-12-20)22(29)18-27-19-25(15-10-16-26)13-8-5-9-14-25/h4,6-7,11-12,21-22,27,29H,5,8-10,13-15,17-19H2,1-3H3,(H,28,30). The van der Waals surface area contributed by atoms with Gasteiger partial charge in [0.25, 0.3) is 0 Å². The van der Waals surface area contributed by atoms with Crippen LogP contribution >= 0.6 is 0 Å². The number of rotatable bonds is 10. The highest BCUT2D eigenvalue weighted by molar-refractivity contribution is 5.68. The van der Waals surface area contributed by atoms with E-state index in [1.165, 1.54) is 19.3 Å². The molecule has 1 saturated carbocycles. The maximum Gasteiger partial charge on any atom is 0.407 e. The monoisotopic (exact) mass is 429 g/mol. The average molecular weight is 430 g/mol. The van der Waals surface area contributed by atoms with E-state index in [0.29, 0.717) is 19.4 Å². The molecule has 2 atom stereocenters. The summed E-state index contributed by atoms with van der Waals surface area (Å²) in [6.45, 7) is 6.63. The highest BCUT2D eigenvalue weighted by Gasteiger charge is 2.32. The number of benzene rings is 1. The van der Waals surface area contributed by atoms with E-state index >= 15 is 0 Å². The molecular weight excluding hydrogens is 390 g/mol. The van der Waals surface area contributed by atoms with E-state index in [9.17, 15) is 9.90 Å². The van der Waals surface area contributed by atoms with Gasteiger partial charge in [0.1, 0.15) is 5.60 Å². The minimum absolute atomic E-state index is 0.140. The van der Waals surface area contributed by atoms with Gasteiger partial charge in [0, 0.05) is 19.5 Å². The fourth-order valence-corrected chi connectivity index (χ4v) is 4.38. The fourth-order valence-electron chi connectivity index (χ4n) is 4.38. The van der Waals surface area contributed by atoms with E-state index in [-0.39, 0.29) is 5.41 Å². The second-order valence-electron chi connectivity index (χ2n) is 9.86. The van der Waals surface area contributed by atoms with E-state index < -0.39 is 23.8 Å². The van der Waals surface area contributed by atoms with Crippen molar-refractivity contribution in [2.24, 2.45) is 5.41 Å². The number of alkyl carbamates (subject to hydrolysis) is 1. The highest BCUT2D eigenvalue weighted by atomic mass is 16.6. The number of hydrogen-bond donors (Lipinski definition) is 3. The maximum absolute atomic E-state index is 12.4. The molecule has 6 nitrogen and oxygen atoms in total. The molecule has 1 aromatic carbocycles. The van der Waals surface area contributed by atoms with E-state index in [1.807, 2.05) is 51.1 Å². The Bertz CT molecular complexity index is 703. The molecule has 1 fully saturated rings. The number of hydrogen-bond acceptors (Lipinski definition) is 5. The predicted molar refractivity (Wildman–Crippen MR) is 123 cm³/mol. The number of carbonyl (C=O) groups excluding carboxylic acids is 1. The van der Waals surface area contributed by atoms with E-state index in [2.05, 4.69) is 16.7 Å². The van der Waals surface area contributed by atoms with Crippen molar-refractivity contribution in [2.45, 2.75) is 89.9 Å². The van der Waals surface area contributed by atoms with Crippen LogP contribution in [0.2, 0.25) is 0 Å². The van der Waals surface area contributed by atoms with Crippen LogP contribution in [0.3, 0.4) is 0 Å². The number of amides is 1. The van der Waals surface area contributed by atoms with Crippen LogP contribution in [-0.2, 0) is 11.2 Å². The van der Waals surface area contributed by atoms with Gasteiger partial charge in [-0.3, -0.25) is 0 Å². The van der Waals surface area contributed by atoms with Crippen molar-refractivity contribution in [3.8, 4) is 6.07 Å². The van der Waals surface area contributed by atoms with Gasteiger partial charge in [0.2, 0.25) is 0 Å². The van der Waals surface area contributed by atoms with Gasteiger partial charge in [-0.05, 0) is 57.4 Å². The summed E-state index contributed by atoms with van der Waals surface area (Å²) in [6.07, 6.45) is 6.62. The smallest absolute Gasteiger partial charge is 0.407 e. The number of ether oxygens (including phenoxy) is 1. The zero-order valence-electron chi connectivity index (χ0n) is 19.3. The number of carbonyl (C=O) groups is 1. The van der Waals surface area contributed by atoms with Crippen LogP contribution in [0.4, 0.5) is 4.79 Å². The fraction of sp³-hybridized carbons (Fsp3) is 0.680. The van der Waals surface area contributed by atoms with Gasteiger partial charge >= 0.3 is 6.09 Å². The molecule has 1 amide bonds. The lowest BCUT2D eigenvalue weighted by Gasteiger charge is -2.38. The van der Waals surface area contributed by atoms with Crippen LogP contribution < -0.4 is 10.6 Å². The third kappa shape index (κ3) is 9.28. The lowest BCUT2D eigenvalue weighted by molar-refractivity contribution is 0.0416. The second-order valence-corrected chi connectivity index (χ2v) is 9.86. The summed E-state index contributed by atoms with van der Waals surface area (Å²) in [4.78, 5) is 12.4. The maximum atomic E-state index is 12.4. The lowest BCUT2D eigenvalue weighted by atomic mass is 9.71. The Morgan fingerprint density at radius 2 is 1.90 bits per heavy atom. The molecule has 0 spiro atoms. The van der Waals surface area contributed by atoms with Gasteiger partial charge < -0.3 is 20.5 Å². The summed E-state index contributed by atoms with van der Waals surface area (Å²) in [6, 6.07) is 11.6. The minimum atomic E-state index is -0.760. The van der Waals surface area contributed by atoms with Crippen LogP contribution in [0, 0.1) is 16.7 Å². The number of aliphatic hydroxyl groups excluding tert-OH is 1. The topological polar surface area (TPSA) is 94.4 Å². The van der Waals surface area contributed by atoms with E-state index in [0.717, 1.165) is 31.4 Å². The second kappa shape index (κ2) is 12.1. The molecule has 2 rings (SSSR count). The molecule has 6 heteroatoms. The minimum Gasteiger partial charge on any atom is -0.444 e. The lowest BCUT2D eigenvalue weighted by Crippen LogP contribution is -2.51. The number of nitriles is 1. The average Bonchev–Trinajstić information content (AvgIpc) is 2.72. The summed E-state index contributed by atoms with van der Waals surface area (Å²) >= 11 is 0. The molecule has 2 unspecified atom stereocenters. The molecule has 1 aromatic rings. The first-order chi connectivity index (χ1) is 14.7. The van der Waals surface area contributed by atoms with Gasteiger partial charge in [0.15, 0.2) is 0 Å². The van der Waals surface area contributed by atoms with Gasteiger partial charge in [-0.15, -0.1) is 0 Å². The molecule has 172 valence electrons. The van der Waals surface area contributed by atoms with E-state index in [4.69, 9.17) is 10.00 Å². The predicted octanol–water partition coefficient (Wildman–Crippen LogP) is 4.33. The first kappa shape index (κ1) is 25.2. The molecule has 0 aliphatic heterocycles. The molecule has 0 saturated heterocycles. The molecule has 0 aromatic heterocycles. The molecule has 0 heterocycles. The van der Waals surface area contributed by atoms with Crippen molar-refractivity contribution in [3.05, 3.63) is 35.9 Å². The summed E-state index contributed by atoms with van der Waals surface area (Å²) in [5.41, 5.74) is 0.584. The van der Waals surface area contributed by atoms with Crippen molar-refractivity contribution < 1.29 is 14.6 Å². The van der Waals surface area contributed by atoms with Crippen LogP contribution in [0.15, 0.2) is 30.3 Å². The van der Waals surface area contributed by atoms with Crippen molar-refractivity contribution in [2.75, 3.05) is 13.1 Å². The summed E-state index contributed by atoms with van der Waals surface area (Å²) in [5, 5.41) is 26.3. The van der Waals surface area contributed by atoms with Crippen LogP contribution in [0.5, 0.6) is 0 Å². The van der Waals surface area contributed by atoms with Crippen LogP contribution in [-0.4, -0.2) is 42.0 Å². The molecular formula is C25H39N3O3. The molecule has 0 radical (unpaired) electrons. The van der Waals surface area contributed by atoms with Crippen molar-refractivity contribution in [3.63, 3.8) is 0 Å². The Morgan fingerprint density at radius 1 is 1.23 bits per heavy atom. The Kier molecular flexibility index (Phi) is 9.80. The van der Waals surface area contributed by atoms with Gasteiger partial charge in [-0.2, -0.15) is 5.26 Å². The number of aliphatic hydroxyl groups is 1. The van der Waals surface area contributed by atoms with Gasteiger partial charge in [-0.1, -0.05) is 49.6 Å². The molecule has 0 bridgehead atoms. The van der Waals surface area contributed by atoms with Crippen molar-refractivity contribution in [1.82, 2.24) is 10.6 Å². The Hall–Kier alpha value is -2.10.